The lowest BCUT2D eigenvalue weighted by Crippen LogP contribution is -2.32. The molecule has 1 aromatic carbocycles. The summed E-state index contributed by atoms with van der Waals surface area (Å²) in [6.07, 6.45) is 2.65. The van der Waals surface area contributed by atoms with Crippen molar-refractivity contribution < 1.29 is 0 Å². The molecule has 1 aliphatic heterocycles. The largest absolute Gasteiger partial charge is 0.320 e. The second kappa shape index (κ2) is 6.58. The zero-order valence-electron chi connectivity index (χ0n) is 11.2. The van der Waals surface area contributed by atoms with Gasteiger partial charge in [0.15, 0.2) is 0 Å². The van der Waals surface area contributed by atoms with Crippen molar-refractivity contribution in [2.75, 3.05) is 19.6 Å². The highest BCUT2D eigenvalue weighted by Gasteiger charge is 2.15. The minimum atomic E-state index is 0.425. The Hall–Kier alpha value is -1.30. The molecule has 0 amide bonds. The van der Waals surface area contributed by atoms with E-state index in [1.165, 1.54) is 31.5 Å². The molecule has 1 saturated heterocycles. The summed E-state index contributed by atoms with van der Waals surface area (Å²) in [7, 11) is 0. The lowest BCUT2D eigenvalue weighted by atomic mass is 9.98. The summed E-state index contributed by atoms with van der Waals surface area (Å²) < 4.78 is 0. The number of rotatable bonds is 2. The molecule has 2 heteroatoms. The SMILES string of the molecule is CC1CCN(Cc2cccc(C#CCN)c2)CC1. The van der Waals surface area contributed by atoms with Gasteiger partial charge in [0, 0.05) is 12.1 Å². The number of piperidine rings is 1. The fourth-order valence-corrected chi connectivity index (χ4v) is 2.38. The van der Waals surface area contributed by atoms with E-state index < -0.39 is 0 Å². The van der Waals surface area contributed by atoms with Gasteiger partial charge in [0.25, 0.3) is 0 Å². The highest BCUT2D eigenvalue weighted by atomic mass is 15.1. The summed E-state index contributed by atoms with van der Waals surface area (Å²) in [4.78, 5) is 2.54. The van der Waals surface area contributed by atoms with Crippen LogP contribution in [0.25, 0.3) is 0 Å². The molecule has 1 aromatic rings. The van der Waals surface area contributed by atoms with E-state index in [0.717, 1.165) is 18.0 Å². The quantitative estimate of drug-likeness (QED) is 0.806. The normalized spacial score (nSPS) is 17.2. The molecule has 2 N–H and O–H groups in total. The van der Waals surface area contributed by atoms with Gasteiger partial charge in [0.05, 0.1) is 6.54 Å². The van der Waals surface area contributed by atoms with Crippen molar-refractivity contribution in [3.05, 3.63) is 35.4 Å². The standard InChI is InChI=1S/C16H22N2/c1-14-7-10-18(11-8-14)13-16-5-2-4-15(12-16)6-3-9-17/h2,4-5,12,14H,7-11,13,17H2,1H3. The number of likely N-dealkylation sites (tertiary alicyclic amines) is 1. The minimum absolute atomic E-state index is 0.425. The molecule has 0 aromatic heterocycles. The summed E-state index contributed by atoms with van der Waals surface area (Å²) in [6.45, 7) is 6.26. The Bertz CT molecular complexity index is 434. The Labute approximate surface area is 110 Å². The van der Waals surface area contributed by atoms with Crippen LogP contribution >= 0.6 is 0 Å². The molecule has 0 spiro atoms. The fourth-order valence-electron chi connectivity index (χ4n) is 2.38. The predicted molar refractivity (Wildman–Crippen MR) is 76.0 cm³/mol. The number of benzene rings is 1. The van der Waals surface area contributed by atoms with Crippen molar-refractivity contribution >= 4 is 0 Å². The van der Waals surface area contributed by atoms with Crippen molar-refractivity contribution in [2.45, 2.75) is 26.3 Å². The van der Waals surface area contributed by atoms with E-state index >= 15 is 0 Å². The van der Waals surface area contributed by atoms with E-state index in [-0.39, 0.29) is 0 Å². The van der Waals surface area contributed by atoms with Gasteiger partial charge in [0.2, 0.25) is 0 Å². The first-order valence-electron chi connectivity index (χ1n) is 6.78. The zero-order chi connectivity index (χ0) is 12.8. The minimum Gasteiger partial charge on any atom is -0.320 e. The van der Waals surface area contributed by atoms with Crippen LogP contribution in [0.15, 0.2) is 24.3 Å². The van der Waals surface area contributed by atoms with Crippen molar-refractivity contribution in [2.24, 2.45) is 11.7 Å². The lowest BCUT2D eigenvalue weighted by molar-refractivity contribution is 0.185. The molecule has 2 nitrogen and oxygen atoms in total. The maximum Gasteiger partial charge on any atom is 0.0555 e. The Kier molecular flexibility index (Phi) is 4.81. The van der Waals surface area contributed by atoms with Crippen molar-refractivity contribution in [3.8, 4) is 11.8 Å². The van der Waals surface area contributed by atoms with E-state index in [9.17, 15) is 0 Å². The van der Waals surface area contributed by atoms with Gasteiger partial charge in [-0.05, 0) is 49.5 Å². The highest BCUT2D eigenvalue weighted by Crippen LogP contribution is 2.18. The van der Waals surface area contributed by atoms with Crippen LogP contribution in [0.2, 0.25) is 0 Å². The smallest absolute Gasteiger partial charge is 0.0555 e. The summed E-state index contributed by atoms with van der Waals surface area (Å²) in [6, 6.07) is 8.50. The van der Waals surface area contributed by atoms with Crippen LogP contribution in [0, 0.1) is 17.8 Å². The van der Waals surface area contributed by atoms with Crippen LogP contribution in [0.4, 0.5) is 0 Å². The average molecular weight is 242 g/mol. The van der Waals surface area contributed by atoms with Crippen LogP contribution in [0.1, 0.15) is 30.9 Å². The summed E-state index contributed by atoms with van der Waals surface area (Å²) in [5, 5.41) is 0. The second-order valence-corrected chi connectivity index (χ2v) is 5.16. The van der Waals surface area contributed by atoms with Gasteiger partial charge in [-0.15, -0.1) is 0 Å². The van der Waals surface area contributed by atoms with Crippen molar-refractivity contribution in [1.29, 1.82) is 0 Å². The maximum absolute atomic E-state index is 5.39. The topological polar surface area (TPSA) is 29.3 Å². The lowest BCUT2D eigenvalue weighted by Gasteiger charge is -2.30. The first kappa shape index (κ1) is 13.1. The van der Waals surface area contributed by atoms with Crippen LogP contribution in [0.5, 0.6) is 0 Å². The molecular weight excluding hydrogens is 220 g/mol. The van der Waals surface area contributed by atoms with Gasteiger partial charge in [-0.25, -0.2) is 0 Å². The monoisotopic (exact) mass is 242 g/mol. The number of nitrogens with zero attached hydrogens (tertiary/aromatic N) is 1. The van der Waals surface area contributed by atoms with Crippen LogP contribution < -0.4 is 5.73 Å². The van der Waals surface area contributed by atoms with Gasteiger partial charge >= 0.3 is 0 Å². The Morgan fingerprint density at radius 3 is 2.83 bits per heavy atom. The van der Waals surface area contributed by atoms with E-state index in [0.29, 0.717) is 6.54 Å². The summed E-state index contributed by atoms with van der Waals surface area (Å²) in [5.74, 6) is 6.89. The summed E-state index contributed by atoms with van der Waals surface area (Å²) >= 11 is 0. The first-order valence-corrected chi connectivity index (χ1v) is 6.78. The number of hydrogen-bond acceptors (Lipinski definition) is 2. The molecule has 1 aliphatic rings. The molecule has 0 saturated carbocycles. The average Bonchev–Trinajstić information content (AvgIpc) is 2.40. The molecular formula is C16H22N2. The van der Waals surface area contributed by atoms with E-state index in [4.69, 9.17) is 5.73 Å². The van der Waals surface area contributed by atoms with Crippen LogP contribution in [-0.4, -0.2) is 24.5 Å². The molecule has 1 heterocycles. The Morgan fingerprint density at radius 1 is 1.33 bits per heavy atom. The number of hydrogen-bond donors (Lipinski definition) is 1. The Balaban J connectivity index is 1.96. The molecule has 0 aliphatic carbocycles. The fraction of sp³-hybridized carbons (Fsp3) is 0.500. The molecule has 0 atom stereocenters. The molecule has 96 valence electrons. The molecule has 0 unspecified atom stereocenters. The molecule has 2 rings (SSSR count). The van der Waals surface area contributed by atoms with E-state index in [1.807, 2.05) is 6.07 Å². The Morgan fingerprint density at radius 2 is 2.11 bits per heavy atom. The third-order valence-corrected chi connectivity index (χ3v) is 3.54. The van der Waals surface area contributed by atoms with Gasteiger partial charge in [0.1, 0.15) is 0 Å². The van der Waals surface area contributed by atoms with E-state index in [1.54, 1.807) is 0 Å². The maximum atomic E-state index is 5.39. The molecule has 18 heavy (non-hydrogen) atoms. The van der Waals surface area contributed by atoms with Gasteiger partial charge in [-0.3, -0.25) is 4.90 Å². The second-order valence-electron chi connectivity index (χ2n) is 5.16. The van der Waals surface area contributed by atoms with Crippen molar-refractivity contribution in [3.63, 3.8) is 0 Å². The van der Waals surface area contributed by atoms with Crippen molar-refractivity contribution in [1.82, 2.24) is 4.90 Å². The first-order chi connectivity index (χ1) is 8.78. The molecule has 0 radical (unpaired) electrons. The molecule has 1 fully saturated rings. The van der Waals surface area contributed by atoms with Gasteiger partial charge in [-0.1, -0.05) is 30.9 Å². The van der Waals surface area contributed by atoms with Crippen LogP contribution in [0.3, 0.4) is 0 Å². The third-order valence-electron chi connectivity index (χ3n) is 3.54. The van der Waals surface area contributed by atoms with Crippen LogP contribution in [-0.2, 0) is 6.54 Å². The highest BCUT2D eigenvalue weighted by molar-refractivity contribution is 5.37. The zero-order valence-corrected chi connectivity index (χ0v) is 11.2. The number of nitrogens with two attached hydrogens (primary N) is 1. The third kappa shape index (κ3) is 3.87. The van der Waals surface area contributed by atoms with Gasteiger partial charge in [-0.2, -0.15) is 0 Å². The summed E-state index contributed by atoms with van der Waals surface area (Å²) in [5.41, 5.74) is 7.82. The van der Waals surface area contributed by atoms with E-state index in [2.05, 4.69) is 41.9 Å². The van der Waals surface area contributed by atoms with Gasteiger partial charge < -0.3 is 5.73 Å². The molecule has 0 bridgehead atoms. The predicted octanol–water partition coefficient (Wildman–Crippen LogP) is 2.23.